The maximum absolute atomic E-state index is 12.3. The quantitative estimate of drug-likeness (QED) is 0.815. The molecule has 2 heterocycles. The van der Waals surface area contributed by atoms with E-state index >= 15 is 0 Å². The van der Waals surface area contributed by atoms with Gasteiger partial charge in [-0.05, 0) is 34.0 Å². The van der Waals surface area contributed by atoms with Gasteiger partial charge in [0, 0.05) is 11.9 Å². The van der Waals surface area contributed by atoms with Crippen LogP contribution >= 0.6 is 27.3 Å². The summed E-state index contributed by atoms with van der Waals surface area (Å²) in [4.78, 5) is 14.3. The molecule has 1 saturated heterocycles. The van der Waals surface area contributed by atoms with Crippen LogP contribution in [0, 0.1) is 0 Å². The number of hydrogen-bond acceptors (Lipinski definition) is 2. The molecule has 2 aromatic rings. The van der Waals surface area contributed by atoms with Crippen LogP contribution < -0.4 is 0 Å². The fraction of sp³-hybridized carbons (Fsp3) is 0.214. The number of nitrogens with zero attached hydrogens (tertiary/aromatic N) is 1. The summed E-state index contributed by atoms with van der Waals surface area (Å²) >= 11 is 4.95. The lowest BCUT2D eigenvalue weighted by Crippen LogP contribution is -2.44. The van der Waals surface area contributed by atoms with Crippen LogP contribution in [0.25, 0.3) is 0 Å². The highest BCUT2D eigenvalue weighted by Crippen LogP contribution is 2.35. The summed E-state index contributed by atoms with van der Waals surface area (Å²) in [6.07, 6.45) is 1.06. The van der Waals surface area contributed by atoms with Crippen molar-refractivity contribution < 1.29 is 4.79 Å². The number of benzene rings is 1. The molecule has 0 radical (unpaired) electrons. The summed E-state index contributed by atoms with van der Waals surface area (Å²) in [6, 6.07) is 12.4. The Labute approximate surface area is 118 Å². The second-order valence-electron chi connectivity index (χ2n) is 4.35. The first-order chi connectivity index (χ1) is 8.75. The van der Waals surface area contributed by atoms with E-state index in [1.165, 1.54) is 5.56 Å². The Morgan fingerprint density at radius 1 is 1.33 bits per heavy atom. The Hall–Kier alpha value is -1.13. The van der Waals surface area contributed by atoms with Gasteiger partial charge in [-0.25, -0.2) is 0 Å². The molecule has 0 N–H and O–H groups in total. The molecular formula is C14H12BrNOS. The van der Waals surface area contributed by atoms with Crippen LogP contribution in [-0.4, -0.2) is 17.4 Å². The Kier molecular flexibility index (Phi) is 3.22. The molecule has 1 unspecified atom stereocenters. The smallest absolute Gasteiger partial charge is 0.255 e. The molecule has 0 bridgehead atoms. The number of rotatable bonds is 2. The van der Waals surface area contributed by atoms with Crippen LogP contribution in [-0.2, 0) is 0 Å². The highest BCUT2D eigenvalue weighted by Gasteiger charge is 2.33. The van der Waals surface area contributed by atoms with Crippen molar-refractivity contribution in [1.82, 2.24) is 4.90 Å². The second-order valence-corrected chi connectivity index (χ2v) is 6.64. The predicted molar refractivity (Wildman–Crippen MR) is 76.9 cm³/mol. The molecule has 1 aliphatic rings. The lowest BCUT2D eigenvalue weighted by Gasteiger charge is -2.41. The van der Waals surface area contributed by atoms with Crippen LogP contribution in [0.1, 0.15) is 28.4 Å². The topological polar surface area (TPSA) is 20.3 Å². The van der Waals surface area contributed by atoms with E-state index in [9.17, 15) is 4.79 Å². The molecule has 1 atom stereocenters. The van der Waals surface area contributed by atoms with E-state index in [2.05, 4.69) is 28.1 Å². The van der Waals surface area contributed by atoms with E-state index in [0.717, 1.165) is 22.3 Å². The number of likely N-dealkylation sites (tertiary alicyclic amines) is 1. The van der Waals surface area contributed by atoms with Crippen molar-refractivity contribution in [2.45, 2.75) is 12.5 Å². The lowest BCUT2D eigenvalue weighted by atomic mass is 9.94. The first-order valence-corrected chi connectivity index (χ1v) is 7.53. The summed E-state index contributed by atoms with van der Waals surface area (Å²) in [5.74, 6) is 0.136. The minimum absolute atomic E-state index is 0.136. The zero-order chi connectivity index (χ0) is 12.5. The highest BCUT2D eigenvalue weighted by molar-refractivity contribution is 9.11. The SMILES string of the molecule is O=C(c1csc(Br)c1)N1CCC1c1ccccc1. The molecule has 0 saturated carbocycles. The van der Waals surface area contributed by atoms with Crippen molar-refractivity contribution in [3.05, 3.63) is 56.7 Å². The number of thiophene rings is 1. The van der Waals surface area contributed by atoms with Crippen LogP contribution in [0.5, 0.6) is 0 Å². The molecule has 1 fully saturated rings. The minimum atomic E-state index is 0.136. The van der Waals surface area contributed by atoms with Gasteiger partial charge in [-0.3, -0.25) is 4.79 Å². The fourth-order valence-corrected chi connectivity index (χ4v) is 3.37. The normalized spacial score (nSPS) is 18.5. The van der Waals surface area contributed by atoms with Gasteiger partial charge in [0.1, 0.15) is 0 Å². The van der Waals surface area contributed by atoms with Gasteiger partial charge in [0.05, 0.1) is 15.4 Å². The molecule has 1 aromatic carbocycles. The molecule has 18 heavy (non-hydrogen) atoms. The standard InChI is InChI=1S/C14H12BrNOS/c15-13-8-11(9-18-13)14(17)16-7-6-12(16)10-4-2-1-3-5-10/h1-5,8-9,12H,6-7H2. The van der Waals surface area contributed by atoms with Crippen molar-refractivity contribution in [3.8, 4) is 0 Å². The van der Waals surface area contributed by atoms with Crippen molar-refractivity contribution in [3.63, 3.8) is 0 Å². The van der Waals surface area contributed by atoms with Crippen LogP contribution in [0.2, 0.25) is 0 Å². The molecule has 4 heteroatoms. The van der Waals surface area contributed by atoms with Gasteiger partial charge in [0.15, 0.2) is 0 Å². The summed E-state index contributed by atoms with van der Waals surface area (Å²) in [5, 5.41) is 1.91. The van der Waals surface area contributed by atoms with Gasteiger partial charge in [-0.1, -0.05) is 30.3 Å². The van der Waals surface area contributed by atoms with Crippen LogP contribution in [0.15, 0.2) is 45.6 Å². The summed E-state index contributed by atoms with van der Waals surface area (Å²) in [7, 11) is 0. The van der Waals surface area contributed by atoms with E-state index in [-0.39, 0.29) is 11.9 Å². The minimum Gasteiger partial charge on any atom is -0.331 e. The number of carbonyl (C=O) groups excluding carboxylic acids is 1. The van der Waals surface area contributed by atoms with Crippen molar-refractivity contribution in [1.29, 1.82) is 0 Å². The summed E-state index contributed by atoms with van der Waals surface area (Å²) < 4.78 is 1.00. The molecule has 1 aliphatic heterocycles. The van der Waals surface area contributed by atoms with Gasteiger partial charge in [0.2, 0.25) is 0 Å². The molecule has 1 aromatic heterocycles. The fourth-order valence-electron chi connectivity index (χ4n) is 2.24. The number of carbonyl (C=O) groups is 1. The Balaban J connectivity index is 1.80. The van der Waals surface area contributed by atoms with E-state index in [1.54, 1.807) is 11.3 Å². The average molecular weight is 322 g/mol. The van der Waals surface area contributed by atoms with Gasteiger partial charge < -0.3 is 4.90 Å². The molecule has 0 spiro atoms. The first kappa shape index (κ1) is 11.9. The Morgan fingerprint density at radius 2 is 2.11 bits per heavy atom. The maximum Gasteiger partial charge on any atom is 0.255 e. The average Bonchev–Trinajstić information content (AvgIpc) is 2.76. The third-order valence-electron chi connectivity index (χ3n) is 3.28. The Bertz CT molecular complexity index is 566. The number of halogens is 1. The summed E-state index contributed by atoms with van der Waals surface area (Å²) in [6.45, 7) is 0.853. The van der Waals surface area contributed by atoms with E-state index in [1.807, 2.05) is 34.5 Å². The Morgan fingerprint density at radius 3 is 2.67 bits per heavy atom. The van der Waals surface area contributed by atoms with Crippen LogP contribution in [0.4, 0.5) is 0 Å². The molecule has 92 valence electrons. The monoisotopic (exact) mass is 321 g/mol. The van der Waals surface area contributed by atoms with Gasteiger partial charge >= 0.3 is 0 Å². The van der Waals surface area contributed by atoms with E-state index in [4.69, 9.17) is 0 Å². The highest BCUT2D eigenvalue weighted by atomic mass is 79.9. The lowest BCUT2D eigenvalue weighted by molar-refractivity contribution is 0.0461. The van der Waals surface area contributed by atoms with Gasteiger partial charge in [-0.15, -0.1) is 11.3 Å². The van der Waals surface area contributed by atoms with Gasteiger partial charge in [-0.2, -0.15) is 0 Å². The molecule has 3 rings (SSSR count). The third kappa shape index (κ3) is 2.10. The van der Waals surface area contributed by atoms with E-state index in [0.29, 0.717) is 0 Å². The van der Waals surface area contributed by atoms with Gasteiger partial charge in [0.25, 0.3) is 5.91 Å². The maximum atomic E-state index is 12.3. The molecule has 2 nitrogen and oxygen atoms in total. The molecular weight excluding hydrogens is 310 g/mol. The predicted octanol–water partition coefficient (Wildman–Crippen LogP) is 4.10. The number of hydrogen-bond donors (Lipinski definition) is 0. The van der Waals surface area contributed by atoms with Crippen LogP contribution in [0.3, 0.4) is 0 Å². The third-order valence-corrected chi connectivity index (χ3v) is 4.78. The van der Waals surface area contributed by atoms with E-state index < -0.39 is 0 Å². The number of amides is 1. The molecule has 1 amide bonds. The van der Waals surface area contributed by atoms with Crippen molar-refractivity contribution >= 4 is 33.2 Å². The first-order valence-electron chi connectivity index (χ1n) is 5.85. The van der Waals surface area contributed by atoms with Crippen molar-refractivity contribution in [2.24, 2.45) is 0 Å². The van der Waals surface area contributed by atoms with Crippen molar-refractivity contribution in [2.75, 3.05) is 6.54 Å². The zero-order valence-electron chi connectivity index (χ0n) is 9.67. The summed E-state index contributed by atoms with van der Waals surface area (Å²) in [5.41, 5.74) is 2.01. The second kappa shape index (κ2) is 4.86. The largest absolute Gasteiger partial charge is 0.331 e. The molecule has 0 aliphatic carbocycles. The zero-order valence-corrected chi connectivity index (χ0v) is 12.1.